The summed E-state index contributed by atoms with van der Waals surface area (Å²) >= 11 is 0. The Hall–Kier alpha value is -1.14. The molecule has 6 heteroatoms. The zero-order valence-corrected chi connectivity index (χ0v) is 12.6. The van der Waals surface area contributed by atoms with E-state index in [9.17, 15) is 12.8 Å². The Balaban J connectivity index is 2.27. The third-order valence-electron chi connectivity index (χ3n) is 4.05. The van der Waals surface area contributed by atoms with Crippen LogP contribution in [0.4, 0.5) is 10.1 Å². The van der Waals surface area contributed by atoms with Gasteiger partial charge in [0.05, 0.1) is 0 Å². The van der Waals surface area contributed by atoms with Crippen LogP contribution in [0, 0.1) is 11.2 Å². The molecular formula is C14H21FN2O2S. The van der Waals surface area contributed by atoms with Crippen LogP contribution in [0.3, 0.4) is 0 Å². The van der Waals surface area contributed by atoms with Crippen LogP contribution >= 0.6 is 0 Å². The fourth-order valence-electron chi connectivity index (χ4n) is 2.70. The van der Waals surface area contributed by atoms with Gasteiger partial charge in [0, 0.05) is 11.7 Å². The maximum atomic E-state index is 13.8. The average Bonchev–Trinajstić information content (AvgIpc) is 2.31. The maximum Gasteiger partial charge on any atom is 0.243 e. The molecule has 0 aromatic heterocycles. The van der Waals surface area contributed by atoms with Crippen LogP contribution in [-0.2, 0) is 10.0 Å². The van der Waals surface area contributed by atoms with Gasteiger partial charge >= 0.3 is 0 Å². The number of hydrogen-bond acceptors (Lipinski definition) is 3. The zero-order valence-electron chi connectivity index (χ0n) is 11.8. The minimum Gasteiger partial charge on any atom is -0.399 e. The summed E-state index contributed by atoms with van der Waals surface area (Å²) in [7, 11) is -3.86. The van der Waals surface area contributed by atoms with Gasteiger partial charge in [-0.2, -0.15) is 0 Å². The molecule has 0 aliphatic heterocycles. The molecule has 3 N–H and O–H groups in total. The monoisotopic (exact) mass is 300 g/mol. The number of rotatable bonds is 3. The molecule has 0 bridgehead atoms. The molecule has 20 heavy (non-hydrogen) atoms. The molecule has 1 aromatic carbocycles. The lowest BCUT2D eigenvalue weighted by Crippen LogP contribution is -2.46. The normalized spacial score (nSPS) is 22.6. The van der Waals surface area contributed by atoms with Crippen molar-refractivity contribution in [2.75, 3.05) is 5.73 Å². The number of benzene rings is 1. The van der Waals surface area contributed by atoms with E-state index in [2.05, 4.69) is 4.72 Å². The van der Waals surface area contributed by atoms with Crippen LogP contribution in [-0.4, -0.2) is 14.5 Å². The van der Waals surface area contributed by atoms with Crippen LogP contribution in [0.2, 0.25) is 0 Å². The van der Waals surface area contributed by atoms with Crippen molar-refractivity contribution in [3.63, 3.8) is 0 Å². The minimum atomic E-state index is -3.86. The standard InChI is InChI=1S/C14H21FN2O2S/c1-14(2)8-4-3-5-13(14)17-20(18,19)12-7-6-10(16)9-11(12)15/h6-7,9,13,17H,3-5,8,16H2,1-2H3. The zero-order chi connectivity index (χ0) is 15.0. The van der Waals surface area contributed by atoms with E-state index in [1.165, 1.54) is 12.1 Å². The number of anilines is 1. The first-order chi connectivity index (χ1) is 9.22. The second-order valence-electron chi connectivity index (χ2n) is 6.10. The van der Waals surface area contributed by atoms with Crippen molar-refractivity contribution in [3.8, 4) is 0 Å². The van der Waals surface area contributed by atoms with Crippen molar-refractivity contribution in [1.29, 1.82) is 0 Å². The molecule has 1 aliphatic carbocycles. The lowest BCUT2D eigenvalue weighted by atomic mass is 9.74. The number of nitrogens with two attached hydrogens (primary N) is 1. The quantitative estimate of drug-likeness (QED) is 0.843. The van der Waals surface area contributed by atoms with Crippen LogP contribution in [0.1, 0.15) is 39.5 Å². The summed E-state index contributed by atoms with van der Waals surface area (Å²) in [5.74, 6) is -0.814. The lowest BCUT2D eigenvalue weighted by molar-refractivity contribution is 0.188. The van der Waals surface area contributed by atoms with E-state index in [0.29, 0.717) is 0 Å². The molecule has 0 radical (unpaired) electrons. The molecule has 1 aromatic rings. The van der Waals surface area contributed by atoms with E-state index in [0.717, 1.165) is 31.7 Å². The van der Waals surface area contributed by atoms with Gasteiger partial charge in [0.25, 0.3) is 0 Å². The Morgan fingerprint density at radius 3 is 2.65 bits per heavy atom. The Morgan fingerprint density at radius 2 is 2.05 bits per heavy atom. The SMILES string of the molecule is CC1(C)CCCCC1NS(=O)(=O)c1ccc(N)cc1F. The van der Waals surface area contributed by atoms with E-state index in [1.807, 2.05) is 13.8 Å². The summed E-state index contributed by atoms with van der Waals surface area (Å²) in [5, 5.41) is 0. The van der Waals surface area contributed by atoms with Crippen LogP contribution in [0.15, 0.2) is 23.1 Å². The third kappa shape index (κ3) is 3.12. The fourth-order valence-corrected chi connectivity index (χ4v) is 4.20. The Bertz CT molecular complexity index is 599. The highest BCUT2D eigenvalue weighted by atomic mass is 32.2. The molecule has 0 saturated heterocycles. The molecule has 1 atom stereocenters. The molecule has 1 unspecified atom stereocenters. The molecule has 0 amide bonds. The third-order valence-corrected chi connectivity index (χ3v) is 5.56. The number of nitrogens with one attached hydrogen (secondary N) is 1. The summed E-state index contributed by atoms with van der Waals surface area (Å²) in [4.78, 5) is -0.340. The summed E-state index contributed by atoms with van der Waals surface area (Å²) in [6, 6.07) is 3.46. The molecule has 1 saturated carbocycles. The summed E-state index contributed by atoms with van der Waals surface area (Å²) in [6.45, 7) is 4.08. The van der Waals surface area contributed by atoms with E-state index >= 15 is 0 Å². The molecule has 0 spiro atoms. The van der Waals surface area contributed by atoms with Crippen molar-refractivity contribution in [3.05, 3.63) is 24.0 Å². The van der Waals surface area contributed by atoms with Gasteiger partial charge in [-0.1, -0.05) is 26.7 Å². The predicted molar refractivity (Wildman–Crippen MR) is 77.2 cm³/mol. The highest BCUT2D eigenvalue weighted by Gasteiger charge is 2.35. The highest BCUT2D eigenvalue weighted by molar-refractivity contribution is 7.89. The van der Waals surface area contributed by atoms with Crippen molar-refractivity contribution < 1.29 is 12.8 Å². The lowest BCUT2D eigenvalue weighted by Gasteiger charge is -2.38. The topological polar surface area (TPSA) is 72.2 Å². The maximum absolute atomic E-state index is 13.8. The van der Waals surface area contributed by atoms with Gasteiger partial charge in [0.1, 0.15) is 10.7 Å². The Kier molecular flexibility index (Phi) is 4.07. The van der Waals surface area contributed by atoms with Crippen molar-refractivity contribution >= 4 is 15.7 Å². The Morgan fingerprint density at radius 1 is 1.35 bits per heavy atom. The fraction of sp³-hybridized carbons (Fsp3) is 0.571. The van der Waals surface area contributed by atoms with Gasteiger partial charge in [-0.25, -0.2) is 17.5 Å². The van der Waals surface area contributed by atoms with Crippen molar-refractivity contribution in [2.24, 2.45) is 5.41 Å². The second-order valence-corrected chi connectivity index (χ2v) is 7.78. The first kappa shape index (κ1) is 15.3. The molecule has 2 rings (SSSR count). The molecule has 1 fully saturated rings. The summed E-state index contributed by atoms with van der Waals surface area (Å²) < 4.78 is 41.1. The van der Waals surface area contributed by atoms with E-state index in [4.69, 9.17) is 5.73 Å². The van der Waals surface area contributed by atoms with Gasteiger partial charge in [0.15, 0.2) is 0 Å². The largest absolute Gasteiger partial charge is 0.399 e. The van der Waals surface area contributed by atoms with Gasteiger partial charge in [-0.3, -0.25) is 0 Å². The molecular weight excluding hydrogens is 279 g/mol. The highest BCUT2D eigenvalue weighted by Crippen LogP contribution is 2.36. The smallest absolute Gasteiger partial charge is 0.243 e. The van der Waals surface area contributed by atoms with Crippen molar-refractivity contribution in [2.45, 2.75) is 50.5 Å². The average molecular weight is 300 g/mol. The van der Waals surface area contributed by atoms with Gasteiger partial charge < -0.3 is 5.73 Å². The number of sulfonamides is 1. The molecule has 4 nitrogen and oxygen atoms in total. The van der Waals surface area contributed by atoms with Crippen LogP contribution < -0.4 is 10.5 Å². The summed E-state index contributed by atoms with van der Waals surface area (Å²) in [5.41, 5.74) is 5.54. The van der Waals surface area contributed by atoms with Crippen LogP contribution in [0.5, 0.6) is 0 Å². The summed E-state index contributed by atoms with van der Waals surface area (Å²) in [6.07, 6.45) is 3.83. The molecule has 1 aliphatic rings. The first-order valence-electron chi connectivity index (χ1n) is 6.80. The first-order valence-corrected chi connectivity index (χ1v) is 8.28. The van der Waals surface area contributed by atoms with Gasteiger partial charge in [-0.05, 0) is 36.5 Å². The molecule has 0 heterocycles. The Labute approximate surface area is 119 Å². The number of hydrogen-bond donors (Lipinski definition) is 2. The van der Waals surface area contributed by atoms with E-state index < -0.39 is 15.8 Å². The van der Waals surface area contributed by atoms with Crippen molar-refractivity contribution in [1.82, 2.24) is 4.72 Å². The molecule has 112 valence electrons. The second kappa shape index (κ2) is 5.33. The number of nitrogen functional groups attached to an aromatic ring is 1. The minimum absolute atomic E-state index is 0.115. The number of halogens is 1. The van der Waals surface area contributed by atoms with E-state index in [-0.39, 0.29) is 22.0 Å². The predicted octanol–water partition coefficient (Wildman–Crippen LogP) is 2.66. The van der Waals surface area contributed by atoms with E-state index in [1.54, 1.807) is 0 Å². The van der Waals surface area contributed by atoms with Gasteiger partial charge in [-0.15, -0.1) is 0 Å². The van der Waals surface area contributed by atoms with Gasteiger partial charge in [0.2, 0.25) is 10.0 Å². The van der Waals surface area contributed by atoms with Crippen LogP contribution in [0.25, 0.3) is 0 Å².